The highest BCUT2D eigenvalue weighted by molar-refractivity contribution is 7.47. The van der Waals surface area contributed by atoms with Crippen LogP contribution in [0.3, 0.4) is 0 Å². The Hall–Kier alpha value is -1.81. The van der Waals surface area contributed by atoms with Gasteiger partial charge in [-0.05, 0) is 64.2 Å². The van der Waals surface area contributed by atoms with Crippen molar-refractivity contribution >= 4 is 19.8 Å². The zero-order valence-electron chi connectivity index (χ0n) is 39.1. The summed E-state index contributed by atoms with van der Waals surface area (Å²) in [5, 5.41) is 18.4. The van der Waals surface area contributed by atoms with Gasteiger partial charge in [0.25, 0.3) is 0 Å². The molecule has 0 aromatic carbocycles. The van der Waals surface area contributed by atoms with E-state index >= 15 is 0 Å². The number of hydrogen-bond acceptors (Lipinski definition) is 9. The van der Waals surface area contributed by atoms with Gasteiger partial charge in [0.15, 0.2) is 6.10 Å². The van der Waals surface area contributed by atoms with Gasteiger partial charge in [-0.1, -0.05) is 192 Å². The first-order chi connectivity index (χ1) is 29.7. The van der Waals surface area contributed by atoms with Gasteiger partial charge in [0.1, 0.15) is 12.7 Å². The number of phosphoric ester groups is 1. The molecule has 0 aliphatic rings. The standard InChI is InChI=1S/C50H93O10P/c1-3-5-7-9-11-13-15-17-19-21-22-23-24-26-28-30-32-34-36-38-40-42-50(54)60-48(46-59-61(55,56)58-44-47(52)43-51)45-57-49(53)41-39-37-35-33-31-29-27-25-20-18-16-14-12-10-8-6-4-2/h17,19,27,29,33,35,47-48,51-52H,3-16,18,20-26,28,30-32,34,36-46H2,1-2H3,(H,55,56)/b19-17+,29-27+,35-33+/t47-,48+/m0/s1. The molecule has 3 atom stereocenters. The van der Waals surface area contributed by atoms with Gasteiger partial charge in [-0.15, -0.1) is 0 Å². The fourth-order valence-corrected chi connectivity index (χ4v) is 7.70. The molecular weight excluding hydrogens is 792 g/mol. The topological polar surface area (TPSA) is 149 Å². The Labute approximate surface area is 373 Å². The average molecular weight is 885 g/mol. The summed E-state index contributed by atoms with van der Waals surface area (Å²) in [5.41, 5.74) is 0. The quantitative estimate of drug-likeness (QED) is 0.0233. The van der Waals surface area contributed by atoms with Crippen molar-refractivity contribution in [3.05, 3.63) is 36.5 Å². The summed E-state index contributed by atoms with van der Waals surface area (Å²) in [6.07, 6.45) is 49.8. The Bertz CT molecular complexity index is 1110. The molecule has 0 saturated carbocycles. The van der Waals surface area contributed by atoms with Crippen LogP contribution in [-0.4, -0.2) is 65.7 Å². The predicted octanol–water partition coefficient (Wildman–Crippen LogP) is 13.9. The molecule has 10 nitrogen and oxygen atoms in total. The van der Waals surface area contributed by atoms with Crippen LogP contribution in [0.4, 0.5) is 0 Å². The minimum atomic E-state index is -4.63. The van der Waals surface area contributed by atoms with Gasteiger partial charge >= 0.3 is 19.8 Å². The van der Waals surface area contributed by atoms with E-state index < -0.39 is 51.8 Å². The molecule has 61 heavy (non-hydrogen) atoms. The molecule has 11 heteroatoms. The lowest BCUT2D eigenvalue weighted by Crippen LogP contribution is -2.29. The first-order valence-corrected chi connectivity index (χ1v) is 26.4. The summed E-state index contributed by atoms with van der Waals surface area (Å²) >= 11 is 0. The highest BCUT2D eigenvalue weighted by atomic mass is 31.2. The van der Waals surface area contributed by atoms with Crippen molar-refractivity contribution in [2.75, 3.05) is 26.4 Å². The van der Waals surface area contributed by atoms with E-state index in [0.29, 0.717) is 12.8 Å². The van der Waals surface area contributed by atoms with Crippen LogP contribution in [0.25, 0.3) is 0 Å². The second-order valence-corrected chi connectivity index (χ2v) is 18.3. The van der Waals surface area contributed by atoms with Crippen molar-refractivity contribution in [2.24, 2.45) is 0 Å². The number of ether oxygens (including phenoxy) is 2. The fraction of sp³-hybridized carbons (Fsp3) is 0.840. The predicted molar refractivity (Wildman–Crippen MR) is 251 cm³/mol. The monoisotopic (exact) mass is 885 g/mol. The third kappa shape index (κ3) is 46.0. The molecular formula is C50H93O10P. The van der Waals surface area contributed by atoms with Crippen molar-refractivity contribution in [1.82, 2.24) is 0 Å². The molecule has 0 bridgehead atoms. The Balaban J connectivity index is 4.24. The van der Waals surface area contributed by atoms with E-state index in [4.69, 9.17) is 23.6 Å². The zero-order valence-corrected chi connectivity index (χ0v) is 40.0. The maximum atomic E-state index is 12.7. The second-order valence-electron chi connectivity index (χ2n) is 16.8. The van der Waals surface area contributed by atoms with Gasteiger partial charge in [-0.2, -0.15) is 0 Å². The van der Waals surface area contributed by atoms with Crippen molar-refractivity contribution in [3.63, 3.8) is 0 Å². The van der Waals surface area contributed by atoms with E-state index in [-0.39, 0.29) is 19.4 Å². The van der Waals surface area contributed by atoms with Gasteiger partial charge in [0.05, 0.1) is 19.8 Å². The lowest BCUT2D eigenvalue weighted by atomic mass is 10.0. The smallest absolute Gasteiger partial charge is 0.462 e. The number of rotatable bonds is 47. The van der Waals surface area contributed by atoms with E-state index in [1.54, 1.807) is 0 Å². The summed E-state index contributed by atoms with van der Waals surface area (Å²) in [7, 11) is -4.63. The van der Waals surface area contributed by atoms with E-state index in [2.05, 4.69) is 50.3 Å². The lowest BCUT2D eigenvalue weighted by molar-refractivity contribution is -0.161. The van der Waals surface area contributed by atoms with Crippen LogP contribution >= 0.6 is 7.82 Å². The van der Waals surface area contributed by atoms with Crippen LogP contribution in [0, 0.1) is 0 Å². The Morgan fingerprint density at radius 2 is 0.869 bits per heavy atom. The van der Waals surface area contributed by atoms with Gasteiger partial charge < -0.3 is 24.6 Å². The molecule has 3 N–H and O–H groups in total. The highest BCUT2D eigenvalue weighted by Crippen LogP contribution is 2.43. The molecule has 1 unspecified atom stereocenters. The number of aliphatic hydroxyl groups excluding tert-OH is 2. The molecule has 0 spiro atoms. The molecule has 0 amide bonds. The molecule has 358 valence electrons. The summed E-state index contributed by atoms with van der Waals surface area (Å²) in [6.45, 7) is 2.36. The molecule has 0 radical (unpaired) electrons. The molecule has 0 heterocycles. The van der Waals surface area contributed by atoms with Crippen LogP contribution in [0.1, 0.15) is 232 Å². The van der Waals surface area contributed by atoms with Gasteiger partial charge in [0, 0.05) is 12.8 Å². The fourth-order valence-electron chi connectivity index (χ4n) is 6.91. The Kier molecular flexibility index (Phi) is 44.8. The maximum absolute atomic E-state index is 12.7. The number of carbonyl (C=O) groups excluding carboxylic acids is 2. The number of esters is 2. The molecule has 0 fully saturated rings. The minimum Gasteiger partial charge on any atom is -0.462 e. The zero-order chi connectivity index (χ0) is 44.8. The van der Waals surface area contributed by atoms with Crippen molar-refractivity contribution in [3.8, 4) is 0 Å². The van der Waals surface area contributed by atoms with Crippen LogP contribution in [0.2, 0.25) is 0 Å². The maximum Gasteiger partial charge on any atom is 0.472 e. The second kappa shape index (κ2) is 46.2. The molecule has 0 aliphatic carbocycles. The van der Waals surface area contributed by atoms with E-state index in [1.165, 1.54) is 154 Å². The first kappa shape index (κ1) is 59.2. The largest absolute Gasteiger partial charge is 0.472 e. The number of unbranched alkanes of at least 4 members (excludes halogenated alkanes) is 27. The van der Waals surface area contributed by atoms with Crippen molar-refractivity contribution in [1.29, 1.82) is 0 Å². The number of allylic oxidation sites excluding steroid dienone is 6. The van der Waals surface area contributed by atoms with E-state index in [0.717, 1.165) is 38.5 Å². The number of aliphatic hydroxyl groups is 2. The number of phosphoric acid groups is 1. The summed E-state index contributed by atoms with van der Waals surface area (Å²) in [5.74, 6) is -0.971. The van der Waals surface area contributed by atoms with E-state index in [9.17, 15) is 24.2 Å². The first-order valence-electron chi connectivity index (χ1n) is 24.9. The Morgan fingerprint density at radius 3 is 1.33 bits per heavy atom. The van der Waals surface area contributed by atoms with Gasteiger partial charge in [-0.3, -0.25) is 18.6 Å². The normalized spacial score (nSPS) is 14.0. The molecule has 0 rings (SSSR count). The molecule has 0 saturated heterocycles. The van der Waals surface area contributed by atoms with Crippen molar-refractivity contribution in [2.45, 2.75) is 244 Å². The SMILES string of the molecule is CCCCCCCC/C=C/CCCCCCCCCCCCCC(=O)O[C@H](COC(=O)CCC/C=C/C/C=C/CCCCCCCCCCC)COP(=O)(O)OC[C@@H](O)CO. The highest BCUT2D eigenvalue weighted by Gasteiger charge is 2.27. The average Bonchev–Trinajstić information content (AvgIpc) is 3.25. The van der Waals surface area contributed by atoms with Gasteiger partial charge in [-0.25, -0.2) is 4.57 Å². The van der Waals surface area contributed by atoms with Crippen LogP contribution < -0.4 is 0 Å². The third-order valence-corrected chi connectivity index (χ3v) is 11.7. The summed E-state index contributed by atoms with van der Waals surface area (Å²) in [6, 6.07) is 0. The summed E-state index contributed by atoms with van der Waals surface area (Å²) in [4.78, 5) is 35.1. The lowest BCUT2D eigenvalue weighted by Gasteiger charge is -2.20. The van der Waals surface area contributed by atoms with Gasteiger partial charge in [0.2, 0.25) is 0 Å². The van der Waals surface area contributed by atoms with E-state index in [1.807, 2.05) is 0 Å². The third-order valence-electron chi connectivity index (χ3n) is 10.8. The minimum absolute atomic E-state index is 0.176. The van der Waals surface area contributed by atoms with Crippen LogP contribution in [0.5, 0.6) is 0 Å². The molecule has 0 aromatic heterocycles. The Morgan fingerprint density at radius 1 is 0.492 bits per heavy atom. The summed E-state index contributed by atoms with van der Waals surface area (Å²) < 4.78 is 32.8. The molecule has 0 aromatic rings. The molecule has 0 aliphatic heterocycles. The van der Waals surface area contributed by atoms with Crippen LogP contribution in [-0.2, 0) is 32.7 Å². The van der Waals surface area contributed by atoms with Crippen LogP contribution in [0.15, 0.2) is 36.5 Å². The van der Waals surface area contributed by atoms with Crippen molar-refractivity contribution < 1.29 is 47.8 Å². The number of carbonyl (C=O) groups is 2. The number of hydrogen-bond donors (Lipinski definition) is 3.